The predicted molar refractivity (Wildman–Crippen MR) is 104 cm³/mol. The molecule has 5 heteroatoms. The van der Waals surface area contributed by atoms with Gasteiger partial charge in [0, 0.05) is 24.3 Å². The van der Waals surface area contributed by atoms with Crippen molar-refractivity contribution >= 4 is 16.9 Å². The summed E-state index contributed by atoms with van der Waals surface area (Å²) in [5, 5.41) is 3.75. The Morgan fingerprint density at radius 3 is 2.63 bits per heavy atom. The number of carbonyl (C=O) groups is 1. The predicted octanol–water partition coefficient (Wildman–Crippen LogP) is 4.35. The maximum Gasteiger partial charge on any atom is 0.253 e. The van der Waals surface area contributed by atoms with Crippen molar-refractivity contribution in [3.05, 3.63) is 96.3 Å². The van der Waals surface area contributed by atoms with E-state index in [0.717, 1.165) is 22.4 Å². The average Bonchev–Trinajstić information content (AvgIpc) is 2.73. The minimum atomic E-state index is -0.178. The molecule has 0 aliphatic carbocycles. The highest BCUT2D eigenvalue weighted by Gasteiger charge is 2.08. The summed E-state index contributed by atoms with van der Waals surface area (Å²) in [7, 11) is 0. The summed E-state index contributed by atoms with van der Waals surface area (Å²) in [5.41, 5.74) is 2.08. The van der Waals surface area contributed by atoms with Gasteiger partial charge in [0.1, 0.15) is 11.5 Å². The molecule has 2 aromatic carbocycles. The van der Waals surface area contributed by atoms with Crippen molar-refractivity contribution in [2.75, 3.05) is 0 Å². The van der Waals surface area contributed by atoms with E-state index in [1.54, 1.807) is 18.5 Å². The molecular formula is C22H17N3O2. The van der Waals surface area contributed by atoms with E-state index < -0.39 is 0 Å². The van der Waals surface area contributed by atoms with Gasteiger partial charge in [0.25, 0.3) is 5.91 Å². The molecule has 132 valence electrons. The minimum Gasteiger partial charge on any atom is -0.457 e. The molecule has 0 unspecified atom stereocenters. The summed E-state index contributed by atoms with van der Waals surface area (Å²) in [4.78, 5) is 20.8. The zero-order valence-corrected chi connectivity index (χ0v) is 14.5. The van der Waals surface area contributed by atoms with Crippen LogP contribution in [0, 0.1) is 0 Å². The molecule has 0 fully saturated rings. The number of ether oxygens (including phenoxy) is 1. The van der Waals surface area contributed by atoms with E-state index >= 15 is 0 Å². The molecule has 0 saturated heterocycles. The standard InChI is InChI=1S/C22H17N3O2/c26-22(18-13-17-7-5-11-23-21(17)24-15-18)25-14-16-6-4-10-20(12-16)27-19-8-2-1-3-9-19/h1-13,15H,14H2,(H,25,26). The minimum absolute atomic E-state index is 0.178. The highest BCUT2D eigenvalue weighted by atomic mass is 16.5. The van der Waals surface area contributed by atoms with E-state index in [1.807, 2.05) is 66.7 Å². The lowest BCUT2D eigenvalue weighted by atomic mass is 10.2. The van der Waals surface area contributed by atoms with Gasteiger partial charge in [0.2, 0.25) is 0 Å². The summed E-state index contributed by atoms with van der Waals surface area (Å²) < 4.78 is 5.83. The van der Waals surface area contributed by atoms with Gasteiger partial charge < -0.3 is 10.1 Å². The number of amides is 1. The third-order valence-electron chi connectivity index (χ3n) is 4.05. The largest absolute Gasteiger partial charge is 0.457 e. The Balaban J connectivity index is 1.43. The fourth-order valence-corrected chi connectivity index (χ4v) is 2.72. The number of carbonyl (C=O) groups excluding carboxylic acids is 1. The Kier molecular flexibility index (Phi) is 4.74. The number of benzene rings is 2. The van der Waals surface area contributed by atoms with Gasteiger partial charge in [0.05, 0.1) is 5.56 Å². The molecule has 27 heavy (non-hydrogen) atoms. The third kappa shape index (κ3) is 4.10. The molecule has 0 radical (unpaired) electrons. The molecule has 0 saturated carbocycles. The van der Waals surface area contributed by atoms with Crippen LogP contribution in [0.5, 0.6) is 11.5 Å². The zero-order valence-electron chi connectivity index (χ0n) is 14.5. The first-order valence-electron chi connectivity index (χ1n) is 8.59. The van der Waals surface area contributed by atoms with Gasteiger partial charge in [-0.15, -0.1) is 0 Å². The van der Waals surface area contributed by atoms with Crippen LogP contribution in [0.4, 0.5) is 0 Å². The second-order valence-corrected chi connectivity index (χ2v) is 6.02. The van der Waals surface area contributed by atoms with Crippen molar-refractivity contribution in [2.24, 2.45) is 0 Å². The summed E-state index contributed by atoms with van der Waals surface area (Å²) in [6.45, 7) is 0.399. The second kappa shape index (κ2) is 7.66. The smallest absolute Gasteiger partial charge is 0.253 e. The molecule has 2 aromatic heterocycles. The average molecular weight is 355 g/mol. The highest BCUT2D eigenvalue weighted by molar-refractivity contribution is 5.96. The molecule has 4 rings (SSSR count). The first kappa shape index (κ1) is 16.7. The number of rotatable bonds is 5. The molecular weight excluding hydrogens is 338 g/mol. The number of para-hydroxylation sites is 1. The lowest BCUT2D eigenvalue weighted by Gasteiger charge is -2.09. The van der Waals surface area contributed by atoms with Crippen molar-refractivity contribution in [1.29, 1.82) is 0 Å². The van der Waals surface area contributed by atoms with Crippen LogP contribution < -0.4 is 10.1 Å². The first-order chi connectivity index (χ1) is 13.3. The number of hydrogen-bond acceptors (Lipinski definition) is 4. The number of hydrogen-bond donors (Lipinski definition) is 1. The monoisotopic (exact) mass is 355 g/mol. The SMILES string of the molecule is O=C(NCc1cccc(Oc2ccccc2)c1)c1cnc2ncccc2c1. The number of nitrogens with zero attached hydrogens (tertiary/aromatic N) is 2. The van der Waals surface area contributed by atoms with E-state index in [9.17, 15) is 4.79 Å². The van der Waals surface area contributed by atoms with E-state index in [-0.39, 0.29) is 5.91 Å². The van der Waals surface area contributed by atoms with Gasteiger partial charge in [-0.25, -0.2) is 9.97 Å². The van der Waals surface area contributed by atoms with E-state index in [4.69, 9.17) is 4.74 Å². The second-order valence-electron chi connectivity index (χ2n) is 6.02. The summed E-state index contributed by atoms with van der Waals surface area (Å²) in [6.07, 6.45) is 3.22. The Labute approximate surface area is 156 Å². The van der Waals surface area contributed by atoms with Gasteiger partial charge in [-0.3, -0.25) is 4.79 Å². The summed E-state index contributed by atoms with van der Waals surface area (Å²) in [5.74, 6) is 1.32. The zero-order chi connectivity index (χ0) is 18.5. The van der Waals surface area contributed by atoms with Crippen LogP contribution in [0.2, 0.25) is 0 Å². The topological polar surface area (TPSA) is 64.1 Å². The van der Waals surface area contributed by atoms with Crippen LogP contribution in [0.1, 0.15) is 15.9 Å². The Morgan fingerprint density at radius 1 is 0.889 bits per heavy atom. The maximum absolute atomic E-state index is 12.4. The normalized spacial score (nSPS) is 10.5. The molecule has 4 aromatic rings. The Hall–Kier alpha value is -3.73. The van der Waals surface area contributed by atoms with Crippen LogP contribution in [-0.2, 0) is 6.54 Å². The Bertz CT molecular complexity index is 1080. The lowest BCUT2D eigenvalue weighted by Crippen LogP contribution is -2.22. The number of fused-ring (bicyclic) bond motifs is 1. The quantitative estimate of drug-likeness (QED) is 0.578. The molecule has 0 aliphatic rings. The fourth-order valence-electron chi connectivity index (χ4n) is 2.72. The van der Waals surface area contributed by atoms with Crippen molar-refractivity contribution in [1.82, 2.24) is 15.3 Å². The lowest BCUT2D eigenvalue weighted by molar-refractivity contribution is 0.0950. The molecule has 2 heterocycles. The van der Waals surface area contributed by atoms with E-state index in [2.05, 4.69) is 15.3 Å². The summed E-state index contributed by atoms with van der Waals surface area (Å²) in [6, 6.07) is 22.7. The molecule has 5 nitrogen and oxygen atoms in total. The molecule has 0 bridgehead atoms. The number of aromatic nitrogens is 2. The Morgan fingerprint density at radius 2 is 1.74 bits per heavy atom. The summed E-state index contributed by atoms with van der Waals surface area (Å²) >= 11 is 0. The van der Waals surface area contributed by atoms with Gasteiger partial charge in [-0.2, -0.15) is 0 Å². The number of nitrogens with one attached hydrogen (secondary N) is 1. The maximum atomic E-state index is 12.4. The van der Waals surface area contributed by atoms with Crippen LogP contribution >= 0.6 is 0 Å². The van der Waals surface area contributed by atoms with Crippen LogP contribution in [-0.4, -0.2) is 15.9 Å². The van der Waals surface area contributed by atoms with Gasteiger partial charge in [0.15, 0.2) is 5.65 Å². The van der Waals surface area contributed by atoms with Gasteiger partial charge in [-0.05, 0) is 48.0 Å². The highest BCUT2D eigenvalue weighted by Crippen LogP contribution is 2.21. The first-order valence-corrected chi connectivity index (χ1v) is 8.59. The van der Waals surface area contributed by atoms with E-state index in [0.29, 0.717) is 17.8 Å². The van der Waals surface area contributed by atoms with Crippen molar-refractivity contribution in [2.45, 2.75) is 6.54 Å². The third-order valence-corrected chi connectivity index (χ3v) is 4.05. The van der Waals surface area contributed by atoms with Gasteiger partial charge >= 0.3 is 0 Å². The van der Waals surface area contributed by atoms with Crippen molar-refractivity contribution in [3.63, 3.8) is 0 Å². The molecule has 0 atom stereocenters. The van der Waals surface area contributed by atoms with Crippen LogP contribution in [0.15, 0.2) is 85.2 Å². The van der Waals surface area contributed by atoms with Crippen LogP contribution in [0.25, 0.3) is 11.0 Å². The molecule has 0 spiro atoms. The van der Waals surface area contributed by atoms with Crippen molar-refractivity contribution < 1.29 is 9.53 Å². The van der Waals surface area contributed by atoms with E-state index in [1.165, 1.54) is 0 Å². The molecule has 1 amide bonds. The molecule has 1 N–H and O–H groups in total. The van der Waals surface area contributed by atoms with Crippen molar-refractivity contribution in [3.8, 4) is 11.5 Å². The number of pyridine rings is 2. The molecule has 0 aliphatic heterocycles. The van der Waals surface area contributed by atoms with Crippen LogP contribution in [0.3, 0.4) is 0 Å². The fraction of sp³-hybridized carbons (Fsp3) is 0.0455. The van der Waals surface area contributed by atoms with Gasteiger partial charge in [-0.1, -0.05) is 30.3 Å².